The minimum Gasteiger partial charge on any atom is -0.304 e. The highest BCUT2D eigenvalue weighted by Gasteiger charge is 2.19. The van der Waals surface area contributed by atoms with E-state index in [9.17, 15) is 0 Å². The van der Waals surface area contributed by atoms with Gasteiger partial charge in [-0.25, -0.2) is 0 Å². The maximum atomic E-state index is 4.37. The third-order valence-electron chi connectivity index (χ3n) is 3.29. The first kappa shape index (κ1) is 13.9. The number of nitrogens with zero attached hydrogens (tertiary/aromatic N) is 3. The van der Waals surface area contributed by atoms with Crippen LogP contribution in [0, 0.1) is 6.92 Å². The van der Waals surface area contributed by atoms with Gasteiger partial charge in [-0.2, -0.15) is 5.10 Å². The van der Waals surface area contributed by atoms with Crippen molar-refractivity contribution >= 4 is 11.3 Å². The van der Waals surface area contributed by atoms with Gasteiger partial charge in [-0.15, -0.1) is 10.2 Å². The average Bonchev–Trinajstić information content (AvgIpc) is 3.14. The Balaban J connectivity index is 1.94. The van der Waals surface area contributed by atoms with Gasteiger partial charge in [-0.1, -0.05) is 48.6 Å². The van der Waals surface area contributed by atoms with Gasteiger partial charge in [0.25, 0.3) is 0 Å². The van der Waals surface area contributed by atoms with Crippen LogP contribution in [-0.2, 0) is 0 Å². The Morgan fingerprint density at radius 3 is 2.71 bits per heavy atom. The number of hydrogen-bond acceptors (Lipinski definition) is 5. The summed E-state index contributed by atoms with van der Waals surface area (Å²) >= 11 is 1.60. The van der Waals surface area contributed by atoms with E-state index in [0.29, 0.717) is 0 Å². The van der Waals surface area contributed by atoms with Crippen LogP contribution in [0.2, 0.25) is 0 Å². The van der Waals surface area contributed by atoms with Crippen molar-refractivity contribution in [3.63, 3.8) is 0 Å². The number of aromatic nitrogens is 4. The maximum Gasteiger partial charge on any atom is 0.151 e. The summed E-state index contributed by atoms with van der Waals surface area (Å²) in [4.78, 5) is 0. The van der Waals surface area contributed by atoms with E-state index < -0.39 is 0 Å². The number of aryl methyl sites for hydroxylation is 1. The molecule has 0 aliphatic heterocycles. The summed E-state index contributed by atoms with van der Waals surface area (Å²) in [5.74, 6) is 0. The van der Waals surface area contributed by atoms with Crippen molar-refractivity contribution in [1.29, 1.82) is 0 Å². The molecule has 0 aliphatic carbocycles. The van der Waals surface area contributed by atoms with Crippen LogP contribution in [0.5, 0.6) is 0 Å². The number of rotatable bonds is 5. The Morgan fingerprint density at radius 1 is 1.24 bits per heavy atom. The van der Waals surface area contributed by atoms with E-state index in [1.54, 1.807) is 17.5 Å². The minimum absolute atomic E-state index is 0.0784. The highest BCUT2D eigenvalue weighted by Crippen LogP contribution is 2.30. The van der Waals surface area contributed by atoms with Gasteiger partial charge >= 0.3 is 0 Å². The first-order valence-corrected chi connectivity index (χ1v) is 7.73. The number of H-pyrrole nitrogens is 1. The Kier molecular flexibility index (Phi) is 4.08. The van der Waals surface area contributed by atoms with Crippen LogP contribution in [0.4, 0.5) is 0 Å². The fourth-order valence-corrected chi connectivity index (χ4v) is 3.24. The van der Waals surface area contributed by atoms with Crippen LogP contribution < -0.4 is 5.32 Å². The van der Waals surface area contributed by atoms with Gasteiger partial charge in [0.2, 0.25) is 0 Å². The van der Waals surface area contributed by atoms with Crippen molar-refractivity contribution in [1.82, 2.24) is 25.7 Å². The van der Waals surface area contributed by atoms with E-state index in [1.165, 1.54) is 5.56 Å². The van der Waals surface area contributed by atoms with E-state index in [0.717, 1.165) is 27.8 Å². The minimum atomic E-state index is 0.0784. The normalized spacial score (nSPS) is 12.5. The molecule has 0 bridgehead atoms. The molecule has 108 valence electrons. The lowest BCUT2D eigenvalue weighted by Crippen LogP contribution is -2.21. The highest BCUT2D eigenvalue weighted by molar-refractivity contribution is 7.14. The van der Waals surface area contributed by atoms with E-state index >= 15 is 0 Å². The van der Waals surface area contributed by atoms with E-state index in [2.05, 4.69) is 44.8 Å². The third-order valence-corrected chi connectivity index (χ3v) is 4.31. The van der Waals surface area contributed by atoms with E-state index in [4.69, 9.17) is 0 Å². The average molecular weight is 299 g/mol. The number of nitrogens with one attached hydrogen (secondary N) is 2. The smallest absolute Gasteiger partial charge is 0.151 e. The fraction of sp³-hybridized carbons (Fsp3) is 0.267. The molecule has 1 atom stereocenters. The number of benzene rings is 1. The summed E-state index contributed by atoms with van der Waals surface area (Å²) in [5, 5.41) is 21.0. The SMILES string of the molecule is CCNC(c1ccccc1)c1nnc(-c2cn[nH]c2C)s1. The van der Waals surface area contributed by atoms with Crippen molar-refractivity contribution in [3.8, 4) is 10.6 Å². The second-order valence-electron chi connectivity index (χ2n) is 4.76. The molecule has 21 heavy (non-hydrogen) atoms. The predicted molar refractivity (Wildman–Crippen MR) is 84.2 cm³/mol. The Labute approximate surface area is 127 Å². The topological polar surface area (TPSA) is 66.5 Å². The monoisotopic (exact) mass is 299 g/mol. The van der Waals surface area contributed by atoms with Crippen molar-refractivity contribution in [2.24, 2.45) is 0 Å². The second-order valence-corrected chi connectivity index (χ2v) is 5.76. The third kappa shape index (κ3) is 2.86. The van der Waals surface area contributed by atoms with Crippen LogP contribution in [0.1, 0.15) is 29.2 Å². The molecule has 5 nitrogen and oxygen atoms in total. The fourth-order valence-electron chi connectivity index (χ4n) is 2.22. The molecule has 3 aromatic rings. The first-order valence-electron chi connectivity index (χ1n) is 6.91. The Hall–Kier alpha value is -2.05. The molecule has 2 heterocycles. The van der Waals surface area contributed by atoms with Gasteiger partial charge < -0.3 is 5.32 Å². The summed E-state index contributed by atoms with van der Waals surface area (Å²) in [6.45, 7) is 4.96. The van der Waals surface area contributed by atoms with Crippen LogP contribution in [-0.4, -0.2) is 26.9 Å². The molecule has 0 amide bonds. The lowest BCUT2D eigenvalue weighted by molar-refractivity contribution is 0.621. The summed E-state index contributed by atoms with van der Waals surface area (Å²) in [5.41, 5.74) is 3.23. The van der Waals surface area contributed by atoms with Gasteiger partial charge in [-0.3, -0.25) is 5.10 Å². The molecule has 2 aromatic heterocycles. The maximum absolute atomic E-state index is 4.37. The standard InChI is InChI=1S/C15H17N5S/c1-3-16-13(11-7-5-4-6-8-11)15-20-19-14(21-15)12-9-17-18-10(12)2/h4-9,13,16H,3H2,1-2H3,(H,17,18). The first-order chi connectivity index (χ1) is 10.3. The van der Waals surface area contributed by atoms with Gasteiger partial charge in [0.15, 0.2) is 5.01 Å². The van der Waals surface area contributed by atoms with Crippen LogP contribution in [0.15, 0.2) is 36.5 Å². The summed E-state index contributed by atoms with van der Waals surface area (Å²) in [7, 11) is 0. The van der Waals surface area contributed by atoms with Crippen LogP contribution in [0.3, 0.4) is 0 Å². The number of aromatic amines is 1. The van der Waals surface area contributed by atoms with Crippen molar-refractivity contribution in [2.45, 2.75) is 19.9 Å². The van der Waals surface area contributed by atoms with Crippen LogP contribution >= 0.6 is 11.3 Å². The molecule has 3 rings (SSSR count). The highest BCUT2D eigenvalue weighted by atomic mass is 32.1. The zero-order valence-electron chi connectivity index (χ0n) is 12.0. The zero-order valence-corrected chi connectivity index (χ0v) is 12.8. The quantitative estimate of drug-likeness (QED) is 0.760. The number of hydrogen-bond donors (Lipinski definition) is 2. The van der Waals surface area contributed by atoms with Gasteiger partial charge in [-0.05, 0) is 19.0 Å². The van der Waals surface area contributed by atoms with Gasteiger partial charge in [0, 0.05) is 5.69 Å². The summed E-state index contributed by atoms with van der Waals surface area (Å²) < 4.78 is 0. The lowest BCUT2D eigenvalue weighted by Gasteiger charge is -2.14. The lowest BCUT2D eigenvalue weighted by atomic mass is 10.1. The summed E-state index contributed by atoms with van der Waals surface area (Å²) in [6.07, 6.45) is 1.80. The molecule has 2 N–H and O–H groups in total. The molecule has 1 aromatic carbocycles. The molecule has 0 fully saturated rings. The Bertz CT molecular complexity index is 704. The summed E-state index contributed by atoms with van der Waals surface area (Å²) in [6, 6.07) is 10.4. The molecule has 0 saturated heterocycles. The molecule has 0 saturated carbocycles. The molecule has 0 aliphatic rings. The second kappa shape index (κ2) is 6.15. The Morgan fingerprint density at radius 2 is 2.05 bits per heavy atom. The molecule has 6 heteroatoms. The molecule has 0 radical (unpaired) electrons. The predicted octanol–water partition coefficient (Wildman–Crippen LogP) is 2.94. The largest absolute Gasteiger partial charge is 0.304 e. The molecule has 1 unspecified atom stereocenters. The van der Waals surface area contributed by atoms with Crippen LogP contribution in [0.25, 0.3) is 10.6 Å². The molecule has 0 spiro atoms. The zero-order chi connectivity index (χ0) is 14.7. The van der Waals surface area contributed by atoms with Crippen molar-refractivity contribution in [2.75, 3.05) is 6.54 Å². The molecular weight excluding hydrogens is 282 g/mol. The molecular formula is C15H17N5S. The van der Waals surface area contributed by atoms with E-state index in [-0.39, 0.29) is 6.04 Å². The van der Waals surface area contributed by atoms with Crippen molar-refractivity contribution in [3.05, 3.63) is 52.8 Å². The van der Waals surface area contributed by atoms with Gasteiger partial charge in [0.05, 0.1) is 17.8 Å². The van der Waals surface area contributed by atoms with Gasteiger partial charge in [0.1, 0.15) is 5.01 Å². The van der Waals surface area contributed by atoms with E-state index in [1.807, 2.05) is 25.1 Å². The van der Waals surface area contributed by atoms with Crippen molar-refractivity contribution < 1.29 is 0 Å².